The van der Waals surface area contributed by atoms with Gasteiger partial charge in [-0.25, -0.2) is 4.98 Å². The molecule has 4 nitrogen and oxygen atoms in total. The number of aryl methyl sites for hydroxylation is 2. The highest BCUT2D eigenvalue weighted by atomic mass is 16.1. The fourth-order valence-electron chi connectivity index (χ4n) is 2.74. The lowest BCUT2D eigenvalue weighted by atomic mass is 10.1. The topological polar surface area (TPSA) is 46.9 Å². The van der Waals surface area contributed by atoms with Crippen LogP contribution in [0.4, 0.5) is 0 Å². The summed E-state index contributed by atoms with van der Waals surface area (Å²) in [4.78, 5) is 16.3. The summed E-state index contributed by atoms with van der Waals surface area (Å²) in [6.45, 7) is 5.33. The van der Waals surface area contributed by atoms with E-state index in [-0.39, 0.29) is 5.91 Å². The van der Waals surface area contributed by atoms with E-state index in [1.807, 2.05) is 48.9 Å². The molecule has 1 amide bonds. The van der Waals surface area contributed by atoms with Crippen molar-refractivity contribution in [3.63, 3.8) is 0 Å². The molecule has 0 spiro atoms. The van der Waals surface area contributed by atoms with E-state index in [4.69, 9.17) is 0 Å². The number of nitrogens with one attached hydrogen (secondary N) is 1. The number of amides is 1. The molecule has 0 aliphatic heterocycles. The number of hydrogen-bond donors (Lipinski definition) is 1. The van der Waals surface area contributed by atoms with Gasteiger partial charge in [0.1, 0.15) is 0 Å². The van der Waals surface area contributed by atoms with E-state index in [1.165, 1.54) is 5.56 Å². The minimum Gasteiger partial charge on any atom is -0.348 e. The van der Waals surface area contributed by atoms with Gasteiger partial charge in [0.15, 0.2) is 0 Å². The van der Waals surface area contributed by atoms with Gasteiger partial charge in [-0.05, 0) is 37.1 Å². The van der Waals surface area contributed by atoms with Crippen molar-refractivity contribution in [2.24, 2.45) is 0 Å². The van der Waals surface area contributed by atoms with Crippen molar-refractivity contribution < 1.29 is 4.79 Å². The molecule has 0 saturated heterocycles. The zero-order valence-corrected chi connectivity index (χ0v) is 14.0. The summed E-state index contributed by atoms with van der Waals surface area (Å²) < 4.78 is 2.02. The van der Waals surface area contributed by atoms with E-state index in [0.717, 1.165) is 23.2 Å². The maximum absolute atomic E-state index is 12.3. The number of imidazole rings is 1. The zero-order valence-electron chi connectivity index (χ0n) is 14.0. The van der Waals surface area contributed by atoms with Crippen LogP contribution in [0.1, 0.15) is 32.6 Å². The summed E-state index contributed by atoms with van der Waals surface area (Å²) in [6.07, 6.45) is 5.52. The molecule has 4 heteroatoms. The minimum atomic E-state index is -0.0377. The number of nitrogens with zero attached hydrogens (tertiary/aromatic N) is 2. The molecule has 24 heavy (non-hydrogen) atoms. The average Bonchev–Trinajstić information content (AvgIpc) is 3.06. The van der Waals surface area contributed by atoms with Crippen LogP contribution in [0.3, 0.4) is 0 Å². The van der Waals surface area contributed by atoms with Crippen molar-refractivity contribution in [3.05, 3.63) is 89.0 Å². The lowest BCUT2D eigenvalue weighted by Gasteiger charge is -2.08. The number of rotatable bonds is 5. The van der Waals surface area contributed by atoms with Crippen LogP contribution in [0.2, 0.25) is 0 Å². The van der Waals surface area contributed by atoms with E-state index in [9.17, 15) is 4.79 Å². The summed E-state index contributed by atoms with van der Waals surface area (Å²) in [5.74, 6) is -0.0377. The molecule has 0 atom stereocenters. The Kier molecular flexibility index (Phi) is 4.75. The first-order valence-electron chi connectivity index (χ1n) is 8.00. The summed E-state index contributed by atoms with van der Waals surface area (Å²) >= 11 is 0. The quantitative estimate of drug-likeness (QED) is 0.782. The first kappa shape index (κ1) is 16.0. The van der Waals surface area contributed by atoms with Crippen LogP contribution in [-0.2, 0) is 13.1 Å². The molecular formula is C20H21N3O. The van der Waals surface area contributed by atoms with Gasteiger partial charge in [-0.15, -0.1) is 0 Å². The van der Waals surface area contributed by atoms with Gasteiger partial charge in [-0.2, -0.15) is 0 Å². The lowest BCUT2D eigenvalue weighted by Crippen LogP contribution is -2.23. The van der Waals surface area contributed by atoms with E-state index >= 15 is 0 Å². The summed E-state index contributed by atoms with van der Waals surface area (Å²) in [5.41, 5.74) is 5.21. The Labute approximate surface area is 142 Å². The molecule has 0 aliphatic carbocycles. The second-order valence-electron chi connectivity index (χ2n) is 6.11. The number of aromatic nitrogens is 2. The Balaban J connectivity index is 1.59. The van der Waals surface area contributed by atoms with E-state index < -0.39 is 0 Å². The van der Waals surface area contributed by atoms with Gasteiger partial charge >= 0.3 is 0 Å². The zero-order chi connectivity index (χ0) is 16.9. The highest BCUT2D eigenvalue weighted by Crippen LogP contribution is 2.10. The first-order chi connectivity index (χ1) is 11.6. The third-order valence-electron chi connectivity index (χ3n) is 3.88. The monoisotopic (exact) mass is 319 g/mol. The van der Waals surface area contributed by atoms with Crippen molar-refractivity contribution in [1.82, 2.24) is 14.9 Å². The van der Waals surface area contributed by atoms with E-state index in [1.54, 1.807) is 12.5 Å². The van der Waals surface area contributed by atoms with Gasteiger partial charge in [0, 0.05) is 31.0 Å². The standard InChI is InChI=1S/C20H21N3O/c1-15-9-16(2)11-19(10-15)20(24)22-12-17-3-5-18(6-4-17)13-23-8-7-21-14-23/h3-11,14H,12-13H2,1-2H3,(H,22,24). The summed E-state index contributed by atoms with van der Waals surface area (Å²) in [5, 5.41) is 2.98. The van der Waals surface area contributed by atoms with Crippen molar-refractivity contribution in [2.45, 2.75) is 26.9 Å². The lowest BCUT2D eigenvalue weighted by molar-refractivity contribution is 0.0950. The fraction of sp³-hybridized carbons (Fsp3) is 0.200. The van der Waals surface area contributed by atoms with Crippen LogP contribution in [-0.4, -0.2) is 15.5 Å². The smallest absolute Gasteiger partial charge is 0.251 e. The van der Waals surface area contributed by atoms with Gasteiger partial charge in [0.05, 0.1) is 6.33 Å². The van der Waals surface area contributed by atoms with Crippen molar-refractivity contribution in [1.29, 1.82) is 0 Å². The molecule has 2 aromatic carbocycles. The third kappa shape index (κ3) is 4.10. The number of hydrogen-bond acceptors (Lipinski definition) is 2. The molecule has 1 aromatic heterocycles. The van der Waals surface area contributed by atoms with Gasteiger partial charge < -0.3 is 9.88 Å². The molecule has 0 unspecified atom stereocenters. The maximum Gasteiger partial charge on any atom is 0.251 e. The second kappa shape index (κ2) is 7.13. The number of carbonyl (C=O) groups excluding carboxylic acids is 1. The molecule has 122 valence electrons. The first-order valence-corrected chi connectivity index (χ1v) is 8.00. The number of benzene rings is 2. The molecule has 1 N–H and O–H groups in total. The van der Waals surface area contributed by atoms with Crippen LogP contribution < -0.4 is 5.32 Å². The number of carbonyl (C=O) groups is 1. The molecule has 0 radical (unpaired) electrons. The van der Waals surface area contributed by atoms with Crippen LogP contribution in [0.15, 0.2) is 61.2 Å². The third-order valence-corrected chi connectivity index (χ3v) is 3.88. The van der Waals surface area contributed by atoms with Crippen LogP contribution in [0.25, 0.3) is 0 Å². The van der Waals surface area contributed by atoms with Crippen molar-refractivity contribution in [3.8, 4) is 0 Å². The predicted octanol–water partition coefficient (Wildman–Crippen LogP) is 3.48. The SMILES string of the molecule is Cc1cc(C)cc(C(=O)NCc2ccc(Cn3ccnc3)cc2)c1. The molecule has 3 aromatic rings. The van der Waals surface area contributed by atoms with Crippen LogP contribution >= 0.6 is 0 Å². The molecular weight excluding hydrogens is 298 g/mol. The van der Waals surface area contributed by atoms with Gasteiger partial charge in [-0.3, -0.25) is 4.79 Å². The molecule has 3 rings (SSSR count). The van der Waals surface area contributed by atoms with E-state index in [0.29, 0.717) is 12.1 Å². The van der Waals surface area contributed by atoms with Gasteiger partial charge in [0.2, 0.25) is 0 Å². The Morgan fingerprint density at radius 1 is 1.04 bits per heavy atom. The Bertz CT molecular complexity index is 800. The highest BCUT2D eigenvalue weighted by molar-refractivity contribution is 5.94. The average molecular weight is 319 g/mol. The minimum absolute atomic E-state index is 0.0377. The summed E-state index contributed by atoms with van der Waals surface area (Å²) in [7, 11) is 0. The second-order valence-corrected chi connectivity index (χ2v) is 6.11. The van der Waals surface area contributed by atoms with Gasteiger partial charge in [-0.1, -0.05) is 41.5 Å². The largest absolute Gasteiger partial charge is 0.348 e. The summed E-state index contributed by atoms with van der Waals surface area (Å²) in [6, 6.07) is 14.2. The van der Waals surface area contributed by atoms with Gasteiger partial charge in [0.25, 0.3) is 5.91 Å². The van der Waals surface area contributed by atoms with E-state index in [2.05, 4.69) is 28.5 Å². The molecule has 0 saturated carbocycles. The fourth-order valence-corrected chi connectivity index (χ4v) is 2.74. The van der Waals surface area contributed by atoms with Crippen molar-refractivity contribution >= 4 is 5.91 Å². The highest BCUT2D eigenvalue weighted by Gasteiger charge is 2.06. The Morgan fingerprint density at radius 3 is 2.33 bits per heavy atom. The molecule has 0 bridgehead atoms. The molecule has 1 heterocycles. The Hall–Kier alpha value is -2.88. The Morgan fingerprint density at radius 2 is 1.71 bits per heavy atom. The van der Waals surface area contributed by atoms with Crippen LogP contribution in [0, 0.1) is 13.8 Å². The normalized spacial score (nSPS) is 10.6. The predicted molar refractivity (Wildman–Crippen MR) is 94.9 cm³/mol. The molecule has 0 fully saturated rings. The maximum atomic E-state index is 12.3. The van der Waals surface area contributed by atoms with Crippen molar-refractivity contribution in [2.75, 3.05) is 0 Å². The molecule has 0 aliphatic rings. The van der Waals surface area contributed by atoms with Crippen LogP contribution in [0.5, 0.6) is 0 Å².